The minimum absolute atomic E-state index is 0.0842. The van der Waals surface area contributed by atoms with Crippen molar-refractivity contribution in [2.24, 2.45) is 4.99 Å². The Morgan fingerprint density at radius 1 is 1.21 bits per heavy atom. The fourth-order valence-electron chi connectivity index (χ4n) is 3.46. The summed E-state index contributed by atoms with van der Waals surface area (Å²) in [5.74, 6) is 1.51. The summed E-state index contributed by atoms with van der Waals surface area (Å²) in [7, 11) is -4.02. The summed E-state index contributed by atoms with van der Waals surface area (Å²) in [6.07, 6.45) is 4.52. The molecule has 6 nitrogen and oxygen atoms in total. The normalized spacial score (nSPS) is 21.9. The molecule has 2 rings (SSSR count). The van der Waals surface area contributed by atoms with Crippen LogP contribution in [0.4, 0.5) is 0 Å². The van der Waals surface area contributed by atoms with Gasteiger partial charge in [0, 0.05) is 40.9 Å². The average molecular weight is 428 g/mol. The molecule has 1 aliphatic carbocycles. The number of nitrogens with one attached hydrogen (secondary N) is 2. The van der Waals surface area contributed by atoms with E-state index in [4.69, 9.17) is 0 Å². The molecular formula is C20H33N3O3S2. The summed E-state index contributed by atoms with van der Waals surface area (Å²) in [6, 6.07) is 8.81. The molecule has 158 valence electrons. The highest BCUT2D eigenvalue weighted by Crippen LogP contribution is 2.23. The Morgan fingerprint density at radius 3 is 2.64 bits per heavy atom. The van der Waals surface area contributed by atoms with Gasteiger partial charge in [0.25, 0.3) is 0 Å². The molecule has 0 radical (unpaired) electrons. The van der Waals surface area contributed by atoms with Crippen LogP contribution in [0.15, 0.2) is 40.2 Å². The van der Waals surface area contributed by atoms with Crippen molar-refractivity contribution in [2.75, 3.05) is 24.6 Å². The number of benzene rings is 1. The van der Waals surface area contributed by atoms with Crippen molar-refractivity contribution in [3.05, 3.63) is 30.3 Å². The molecule has 1 saturated carbocycles. The number of rotatable bonds is 9. The van der Waals surface area contributed by atoms with Gasteiger partial charge in [-0.25, -0.2) is 8.42 Å². The van der Waals surface area contributed by atoms with Gasteiger partial charge in [-0.3, -0.25) is 9.20 Å². The Balaban J connectivity index is 1.87. The molecule has 0 bridgehead atoms. The van der Waals surface area contributed by atoms with E-state index in [0.717, 1.165) is 32.2 Å². The van der Waals surface area contributed by atoms with Crippen LogP contribution >= 0.6 is 0 Å². The van der Waals surface area contributed by atoms with E-state index < -0.39 is 20.6 Å². The first-order valence-electron chi connectivity index (χ1n) is 10.2. The first kappa shape index (κ1) is 22.9. The highest BCUT2D eigenvalue weighted by Gasteiger charge is 2.26. The maximum atomic E-state index is 12.3. The van der Waals surface area contributed by atoms with Gasteiger partial charge in [-0.15, -0.1) is 0 Å². The molecule has 28 heavy (non-hydrogen) atoms. The molecule has 3 unspecified atom stereocenters. The van der Waals surface area contributed by atoms with Crippen molar-refractivity contribution in [1.82, 2.24) is 10.6 Å². The lowest BCUT2D eigenvalue weighted by Gasteiger charge is -2.30. The third-order valence-corrected chi connectivity index (χ3v) is 8.47. The minimum Gasteiger partial charge on any atom is -0.357 e. The summed E-state index contributed by atoms with van der Waals surface area (Å²) < 4.78 is 36.8. The molecule has 1 fully saturated rings. The van der Waals surface area contributed by atoms with E-state index in [1.54, 1.807) is 24.3 Å². The zero-order valence-corrected chi connectivity index (χ0v) is 18.5. The second-order valence-corrected chi connectivity index (χ2v) is 11.2. The molecule has 0 spiro atoms. The maximum absolute atomic E-state index is 12.3. The largest absolute Gasteiger partial charge is 0.357 e. The maximum Gasteiger partial charge on any atom is 0.191 e. The predicted octanol–water partition coefficient (Wildman–Crippen LogP) is 2.49. The quantitative estimate of drug-likeness (QED) is 0.359. The van der Waals surface area contributed by atoms with Gasteiger partial charge in [0.05, 0.1) is 10.6 Å². The first-order valence-corrected chi connectivity index (χ1v) is 13.2. The van der Waals surface area contributed by atoms with Gasteiger partial charge >= 0.3 is 0 Å². The van der Waals surface area contributed by atoms with Gasteiger partial charge in [0.2, 0.25) is 0 Å². The highest BCUT2D eigenvalue weighted by atomic mass is 32.2. The van der Waals surface area contributed by atoms with Gasteiger partial charge in [0.15, 0.2) is 15.8 Å². The Bertz CT molecular complexity index is 751. The van der Waals surface area contributed by atoms with Crippen LogP contribution in [0.25, 0.3) is 0 Å². The molecular weight excluding hydrogens is 394 g/mol. The summed E-state index contributed by atoms with van der Waals surface area (Å²) >= 11 is 0. The van der Waals surface area contributed by atoms with Crippen molar-refractivity contribution >= 4 is 26.6 Å². The van der Waals surface area contributed by atoms with Crippen LogP contribution in [-0.2, 0) is 20.6 Å². The fraction of sp³-hybridized carbons (Fsp3) is 0.650. The molecule has 0 heterocycles. The van der Waals surface area contributed by atoms with E-state index in [1.165, 1.54) is 0 Å². The van der Waals surface area contributed by atoms with Gasteiger partial charge < -0.3 is 10.6 Å². The second kappa shape index (κ2) is 11.6. The van der Waals surface area contributed by atoms with Gasteiger partial charge in [-0.2, -0.15) is 0 Å². The van der Waals surface area contributed by atoms with E-state index in [1.807, 2.05) is 19.9 Å². The Labute approximate surface area is 172 Å². The van der Waals surface area contributed by atoms with Crippen molar-refractivity contribution in [2.45, 2.75) is 62.1 Å². The number of sulfone groups is 1. The average Bonchev–Trinajstić information content (AvgIpc) is 2.71. The lowest BCUT2D eigenvalue weighted by molar-refractivity contribution is 0.413. The van der Waals surface area contributed by atoms with E-state index in [2.05, 4.69) is 15.6 Å². The van der Waals surface area contributed by atoms with E-state index in [-0.39, 0.29) is 17.0 Å². The standard InChI is InChI=1S/C20H33N3O3S2/c1-3-21-20(23-17-10-8-11-18(16-17)27(24)4-2)22-14-9-15-28(25,26)19-12-6-5-7-13-19/h5-7,12-13,17-18H,3-4,8-11,14-16H2,1-2H3,(H2,21,22,23). The van der Waals surface area contributed by atoms with Gasteiger partial charge in [-0.1, -0.05) is 31.5 Å². The Morgan fingerprint density at radius 2 is 1.96 bits per heavy atom. The van der Waals surface area contributed by atoms with Crippen molar-refractivity contribution in [1.29, 1.82) is 0 Å². The summed E-state index contributed by atoms with van der Waals surface area (Å²) in [5, 5.41) is 6.94. The van der Waals surface area contributed by atoms with E-state index in [9.17, 15) is 12.6 Å². The number of hydrogen-bond acceptors (Lipinski definition) is 4. The lowest BCUT2D eigenvalue weighted by atomic mass is 9.95. The lowest BCUT2D eigenvalue weighted by Crippen LogP contribution is -2.46. The van der Waals surface area contributed by atoms with Crippen LogP contribution in [0.3, 0.4) is 0 Å². The van der Waals surface area contributed by atoms with Crippen LogP contribution in [0, 0.1) is 0 Å². The van der Waals surface area contributed by atoms with Crippen LogP contribution in [0.2, 0.25) is 0 Å². The summed E-state index contributed by atoms with van der Waals surface area (Å²) in [4.78, 5) is 4.91. The predicted molar refractivity (Wildman–Crippen MR) is 117 cm³/mol. The molecule has 1 aromatic carbocycles. The monoisotopic (exact) mass is 427 g/mol. The van der Waals surface area contributed by atoms with Gasteiger partial charge in [0.1, 0.15) is 0 Å². The topological polar surface area (TPSA) is 87.6 Å². The number of aliphatic imine (C=N–C) groups is 1. The number of nitrogens with zero attached hydrogens (tertiary/aromatic N) is 1. The third-order valence-electron chi connectivity index (χ3n) is 4.91. The van der Waals surface area contributed by atoms with E-state index >= 15 is 0 Å². The second-order valence-electron chi connectivity index (χ2n) is 7.05. The van der Waals surface area contributed by atoms with Crippen molar-refractivity contribution in [3.63, 3.8) is 0 Å². The number of guanidine groups is 1. The smallest absolute Gasteiger partial charge is 0.191 e. The minimum atomic E-state index is -3.26. The fourth-order valence-corrected chi connectivity index (χ4v) is 6.12. The number of hydrogen-bond donors (Lipinski definition) is 2. The van der Waals surface area contributed by atoms with Crippen LogP contribution in [-0.4, -0.2) is 54.5 Å². The van der Waals surface area contributed by atoms with Crippen LogP contribution < -0.4 is 10.6 Å². The van der Waals surface area contributed by atoms with E-state index in [0.29, 0.717) is 29.6 Å². The molecule has 1 aliphatic rings. The molecule has 0 aliphatic heterocycles. The SMILES string of the molecule is CCNC(=NCCCS(=O)(=O)c1ccccc1)NC1CCCC(S(=O)CC)C1. The first-order chi connectivity index (χ1) is 13.5. The molecule has 1 aromatic rings. The summed E-state index contributed by atoms with van der Waals surface area (Å²) in [5.41, 5.74) is 0. The van der Waals surface area contributed by atoms with Crippen LogP contribution in [0.1, 0.15) is 46.0 Å². The molecule has 0 amide bonds. The Kier molecular flexibility index (Phi) is 9.44. The molecule has 8 heteroatoms. The molecule has 2 N–H and O–H groups in total. The summed E-state index contributed by atoms with van der Waals surface area (Å²) in [6.45, 7) is 5.17. The highest BCUT2D eigenvalue weighted by molar-refractivity contribution is 7.91. The zero-order valence-electron chi connectivity index (χ0n) is 16.9. The molecule has 0 saturated heterocycles. The van der Waals surface area contributed by atoms with Gasteiger partial charge in [-0.05, 0) is 44.7 Å². The third kappa shape index (κ3) is 7.20. The van der Waals surface area contributed by atoms with Crippen molar-refractivity contribution < 1.29 is 12.6 Å². The zero-order chi connectivity index (χ0) is 20.4. The molecule has 0 aromatic heterocycles. The van der Waals surface area contributed by atoms with Crippen LogP contribution in [0.5, 0.6) is 0 Å². The van der Waals surface area contributed by atoms with Crippen molar-refractivity contribution in [3.8, 4) is 0 Å². The Hall–Kier alpha value is -1.41. The molecule has 3 atom stereocenters.